The summed E-state index contributed by atoms with van der Waals surface area (Å²) in [5, 5.41) is 9.21. The first kappa shape index (κ1) is 15.0. The molecule has 0 unspecified atom stereocenters. The van der Waals surface area contributed by atoms with Crippen LogP contribution >= 0.6 is 0 Å². The van der Waals surface area contributed by atoms with Gasteiger partial charge in [0.1, 0.15) is 0 Å². The molecule has 1 atom stereocenters. The molecule has 0 aromatic heterocycles. The molecule has 1 fully saturated rings. The van der Waals surface area contributed by atoms with Crippen molar-refractivity contribution in [1.29, 1.82) is 5.26 Å². The van der Waals surface area contributed by atoms with E-state index in [1.165, 1.54) is 0 Å². The highest BCUT2D eigenvalue weighted by molar-refractivity contribution is 5.37. The Hall–Kier alpha value is -1.37. The second-order valence-electron chi connectivity index (χ2n) is 6.09. The lowest BCUT2D eigenvalue weighted by Gasteiger charge is -2.41. The van der Waals surface area contributed by atoms with Crippen LogP contribution in [0.15, 0.2) is 24.3 Å². The van der Waals surface area contributed by atoms with Crippen LogP contribution in [0.4, 0.5) is 0 Å². The van der Waals surface area contributed by atoms with Crippen LogP contribution in [-0.2, 0) is 11.3 Å². The van der Waals surface area contributed by atoms with Gasteiger partial charge in [-0.05, 0) is 44.9 Å². The second-order valence-corrected chi connectivity index (χ2v) is 6.09. The lowest BCUT2D eigenvalue weighted by atomic mass is 9.92. The number of nitriles is 1. The highest BCUT2D eigenvalue weighted by atomic mass is 16.5. The Bertz CT molecular complexity index is 490. The van der Waals surface area contributed by atoms with Crippen molar-refractivity contribution in [2.75, 3.05) is 13.2 Å². The van der Waals surface area contributed by atoms with E-state index in [4.69, 9.17) is 4.74 Å². The van der Waals surface area contributed by atoms with Gasteiger partial charge in [0.25, 0.3) is 0 Å². The van der Waals surface area contributed by atoms with Crippen molar-refractivity contribution in [2.24, 2.45) is 0 Å². The summed E-state index contributed by atoms with van der Waals surface area (Å²) in [5.41, 5.74) is 1.88. The van der Waals surface area contributed by atoms with E-state index < -0.39 is 0 Å². The molecule has 0 bridgehead atoms. The minimum absolute atomic E-state index is 0.0366. The maximum atomic E-state index is 9.21. The van der Waals surface area contributed by atoms with Gasteiger partial charge in [0, 0.05) is 19.2 Å². The molecule has 1 heterocycles. The monoisotopic (exact) mass is 272 g/mol. The van der Waals surface area contributed by atoms with E-state index in [2.05, 4.69) is 37.8 Å². The van der Waals surface area contributed by atoms with E-state index in [0.717, 1.165) is 43.7 Å². The van der Waals surface area contributed by atoms with Gasteiger partial charge in [0.05, 0.1) is 17.2 Å². The predicted octanol–water partition coefficient (Wildman–Crippen LogP) is 3.34. The summed E-state index contributed by atoms with van der Waals surface area (Å²) in [6.07, 6.45) is 2.13. The van der Waals surface area contributed by atoms with Crippen LogP contribution in [0.2, 0.25) is 0 Å². The number of benzene rings is 1. The molecular formula is C17H24N2O. The van der Waals surface area contributed by atoms with Gasteiger partial charge < -0.3 is 4.74 Å². The molecule has 0 spiro atoms. The van der Waals surface area contributed by atoms with Crippen LogP contribution in [0.5, 0.6) is 0 Å². The zero-order chi connectivity index (χ0) is 14.6. The minimum Gasteiger partial charge on any atom is -0.375 e. The summed E-state index contributed by atoms with van der Waals surface area (Å²) in [7, 11) is 0. The lowest BCUT2D eigenvalue weighted by molar-refractivity contribution is -0.0838. The third-order valence-corrected chi connectivity index (χ3v) is 4.10. The summed E-state index contributed by atoms with van der Waals surface area (Å²) >= 11 is 0. The molecule has 2 rings (SSSR count). The molecule has 1 aromatic rings. The molecular weight excluding hydrogens is 248 g/mol. The number of nitrogens with zero attached hydrogens (tertiary/aromatic N) is 2. The van der Waals surface area contributed by atoms with E-state index in [9.17, 15) is 5.26 Å². The van der Waals surface area contributed by atoms with E-state index in [0.29, 0.717) is 6.04 Å². The molecule has 20 heavy (non-hydrogen) atoms. The largest absolute Gasteiger partial charge is 0.375 e. The average Bonchev–Trinajstić information content (AvgIpc) is 2.44. The average molecular weight is 272 g/mol. The van der Waals surface area contributed by atoms with Crippen LogP contribution in [0.3, 0.4) is 0 Å². The SMILES string of the molecule is CCN(Cc1ccccc1C#N)[C@@H]1CCOC(C)(C)C1. The van der Waals surface area contributed by atoms with Gasteiger partial charge in [-0.2, -0.15) is 5.26 Å². The highest BCUT2D eigenvalue weighted by Gasteiger charge is 2.31. The molecule has 0 saturated carbocycles. The Kier molecular flexibility index (Phi) is 4.80. The van der Waals surface area contributed by atoms with Gasteiger partial charge in [0.15, 0.2) is 0 Å². The quantitative estimate of drug-likeness (QED) is 0.843. The van der Waals surface area contributed by atoms with Crippen molar-refractivity contribution < 1.29 is 4.74 Å². The van der Waals surface area contributed by atoms with Crippen LogP contribution in [0.1, 0.15) is 44.7 Å². The van der Waals surface area contributed by atoms with Crippen molar-refractivity contribution >= 4 is 0 Å². The third-order valence-electron chi connectivity index (χ3n) is 4.10. The first-order chi connectivity index (χ1) is 9.55. The standard InChI is InChI=1S/C17H24N2O/c1-4-19(16-9-10-20-17(2,3)11-16)13-15-8-6-5-7-14(15)12-18/h5-8,16H,4,9-11,13H2,1-3H3/t16-/m1/s1. The number of hydrogen-bond acceptors (Lipinski definition) is 3. The molecule has 0 radical (unpaired) electrons. The Morgan fingerprint density at radius 1 is 1.40 bits per heavy atom. The highest BCUT2D eigenvalue weighted by Crippen LogP contribution is 2.28. The summed E-state index contributed by atoms with van der Waals surface area (Å²) in [5.74, 6) is 0. The van der Waals surface area contributed by atoms with E-state index in [1.54, 1.807) is 0 Å². The molecule has 1 aliphatic rings. The molecule has 0 aliphatic carbocycles. The van der Waals surface area contributed by atoms with Crippen molar-refractivity contribution in [2.45, 2.75) is 51.8 Å². The van der Waals surface area contributed by atoms with Gasteiger partial charge in [-0.25, -0.2) is 0 Å². The van der Waals surface area contributed by atoms with Gasteiger partial charge in [-0.15, -0.1) is 0 Å². The van der Waals surface area contributed by atoms with Crippen molar-refractivity contribution in [1.82, 2.24) is 4.90 Å². The molecule has 0 N–H and O–H groups in total. The van der Waals surface area contributed by atoms with Crippen molar-refractivity contribution in [3.05, 3.63) is 35.4 Å². The molecule has 1 aliphatic heterocycles. The molecule has 3 nitrogen and oxygen atoms in total. The zero-order valence-corrected chi connectivity index (χ0v) is 12.7. The van der Waals surface area contributed by atoms with E-state index >= 15 is 0 Å². The summed E-state index contributed by atoms with van der Waals surface area (Å²) < 4.78 is 5.81. The van der Waals surface area contributed by atoms with Crippen LogP contribution in [-0.4, -0.2) is 29.7 Å². The molecule has 108 valence electrons. The molecule has 1 saturated heterocycles. The summed E-state index contributed by atoms with van der Waals surface area (Å²) in [6, 6.07) is 10.7. The Morgan fingerprint density at radius 3 is 2.80 bits per heavy atom. The second kappa shape index (κ2) is 6.39. The van der Waals surface area contributed by atoms with Gasteiger partial charge in [-0.1, -0.05) is 25.1 Å². The first-order valence-corrected chi connectivity index (χ1v) is 7.42. The summed E-state index contributed by atoms with van der Waals surface area (Å²) in [6.45, 7) is 9.19. The summed E-state index contributed by atoms with van der Waals surface area (Å²) in [4.78, 5) is 2.47. The maximum Gasteiger partial charge on any atom is 0.0995 e. The fraction of sp³-hybridized carbons (Fsp3) is 0.588. The van der Waals surface area contributed by atoms with Gasteiger partial charge in [-0.3, -0.25) is 4.90 Å². The Balaban J connectivity index is 2.11. The number of rotatable bonds is 4. The van der Waals surface area contributed by atoms with E-state index in [1.807, 2.05) is 18.2 Å². The minimum atomic E-state index is -0.0366. The smallest absolute Gasteiger partial charge is 0.0995 e. The van der Waals surface area contributed by atoms with Gasteiger partial charge in [0.2, 0.25) is 0 Å². The normalized spacial score (nSPS) is 21.6. The van der Waals surface area contributed by atoms with Crippen LogP contribution < -0.4 is 0 Å². The van der Waals surface area contributed by atoms with Crippen LogP contribution in [0.25, 0.3) is 0 Å². The van der Waals surface area contributed by atoms with Crippen molar-refractivity contribution in [3.63, 3.8) is 0 Å². The predicted molar refractivity (Wildman–Crippen MR) is 80.3 cm³/mol. The number of ether oxygens (including phenoxy) is 1. The maximum absolute atomic E-state index is 9.21. The van der Waals surface area contributed by atoms with Gasteiger partial charge >= 0.3 is 0 Å². The third kappa shape index (κ3) is 3.59. The fourth-order valence-corrected chi connectivity index (χ4v) is 3.00. The van der Waals surface area contributed by atoms with E-state index in [-0.39, 0.29) is 5.60 Å². The molecule has 3 heteroatoms. The molecule has 0 amide bonds. The Morgan fingerprint density at radius 2 is 2.15 bits per heavy atom. The molecule has 1 aromatic carbocycles. The van der Waals surface area contributed by atoms with Crippen LogP contribution in [0, 0.1) is 11.3 Å². The topological polar surface area (TPSA) is 36.3 Å². The zero-order valence-electron chi connectivity index (χ0n) is 12.7. The lowest BCUT2D eigenvalue weighted by Crippen LogP contribution is -2.45. The fourth-order valence-electron chi connectivity index (χ4n) is 3.00. The first-order valence-electron chi connectivity index (χ1n) is 7.42. The Labute approximate surface area is 122 Å². The van der Waals surface area contributed by atoms with Crippen molar-refractivity contribution in [3.8, 4) is 6.07 Å². The number of hydrogen-bond donors (Lipinski definition) is 0.